The summed E-state index contributed by atoms with van der Waals surface area (Å²) in [6.45, 7) is 0. The van der Waals surface area contributed by atoms with Gasteiger partial charge in [0.25, 0.3) is 0 Å². The van der Waals surface area contributed by atoms with Crippen LogP contribution in [0.4, 0.5) is 0 Å². The molecular formula is C21H15ClN2O. The third-order valence-electron chi connectivity index (χ3n) is 4.04. The van der Waals surface area contributed by atoms with Crippen LogP contribution in [0.25, 0.3) is 33.5 Å². The average Bonchev–Trinajstić information content (AvgIpc) is 2.67. The van der Waals surface area contributed by atoms with E-state index in [0.717, 1.165) is 39.3 Å². The van der Waals surface area contributed by atoms with Crippen molar-refractivity contribution in [1.82, 2.24) is 9.97 Å². The lowest BCUT2D eigenvalue weighted by molar-refractivity contribution is 0.416. The summed E-state index contributed by atoms with van der Waals surface area (Å²) in [5.74, 6) is 0.766. The van der Waals surface area contributed by atoms with Crippen LogP contribution in [0.15, 0.2) is 72.8 Å². The topological polar surface area (TPSA) is 35.0 Å². The summed E-state index contributed by atoms with van der Waals surface area (Å²) in [6, 6.07) is 23.4. The van der Waals surface area contributed by atoms with Crippen molar-refractivity contribution < 1.29 is 4.74 Å². The van der Waals surface area contributed by atoms with E-state index in [1.54, 1.807) is 7.11 Å². The van der Waals surface area contributed by atoms with Crippen molar-refractivity contribution in [2.45, 2.75) is 0 Å². The Labute approximate surface area is 150 Å². The summed E-state index contributed by atoms with van der Waals surface area (Å²) < 4.78 is 5.53. The number of ether oxygens (including phenoxy) is 1. The smallest absolute Gasteiger partial charge is 0.128 e. The van der Waals surface area contributed by atoms with Crippen molar-refractivity contribution in [2.24, 2.45) is 0 Å². The Bertz CT molecular complexity index is 1050. The van der Waals surface area contributed by atoms with E-state index in [9.17, 15) is 0 Å². The third-order valence-corrected chi connectivity index (χ3v) is 4.27. The predicted molar refractivity (Wildman–Crippen MR) is 102 cm³/mol. The van der Waals surface area contributed by atoms with Gasteiger partial charge in [-0.05, 0) is 30.3 Å². The van der Waals surface area contributed by atoms with Gasteiger partial charge in [-0.15, -0.1) is 0 Å². The van der Waals surface area contributed by atoms with Crippen molar-refractivity contribution in [3.63, 3.8) is 0 Å². The van der Waals surface area contributed by atoms with E-state index < -0.39 is 0 Å². The van der Waals surface area contributed by atoms with Crippen molar-refractivity contribution in [2.75, 3.05) is 7.11 Å². The van der Waals surface area contributed by atoms with E-state index in [2.05, 4.69) is 0 Å². The zero-order valence-corrected chi connectivity index (χ0v) is 14.4. The van der Waals surface area contributed by atoms with Crippen LogP contribution >= 0.6 is 11.6 Å². The van der Waals surface area contributed by atoms with Crippen molar-refractivity contribution >= 4 is 22.6 Å². The van der Waals surface area contributed by atoms with E-state index in [-0.39, 0.29) is 0 Å². The van der Waals surface area contributed by atoms with Crippen LogP contribution in [0, 0.1) is 0 Å². The number of halogens is 1. The zero-order chi connectivity index (χ0) is 17.2. The van der Waals surface area contributed by atoms with Crippen LogP contribution in [0.3, 0.4) is 0 Å². The molecule has 0 aliphatic carbocycles. The molecular weight excluding hydrogens is 332 g/mol. The van der Waals surface area contributed by atoms with Crippen LogP contribution < -0.4 is 4.74 Å². The van der Waals surface area contributed by atoms with E-state index in [1.807, 2.05) is 72.8 Å². The fourth-order valence-electron chi connectivity index (χ4n) is 2.85. The molecule has 0 atom stereocenters. The summed E-state index contributed by atoms with van der Waals surface area (Å²) in [7, 11) is 1.66. The summed E-state index contributed by atoms with van der Waals surface area (Å²) in [5, 5.41) is 0.644. The Morgan fingerprint density at radius 3 is 2.28 bits per heavy atom. The summed E-state index contributed by atoms with van der Waals surface area (Å²) in [6.07, 6.45) is 0. The zero-order valence-electron chi connectivity index (χ0n) is 13.6. The van der Waals surface area contributed by atoms with Crippen LogP contribution in [0.2, 0.25) is 5.02 Å². The molecule has 1 heterocycles. The molecule has 0 unspecified atom stereocenters. The normalized spacial score (nSPS) is 10.8. The van der Waals surface area contributed by atoms with E-state index >= 15 is 0 Å². The fourth-order valence-corrected chi connectivity index (χ4v) is 3.02. The lowest BCUT2D eigenvalue weighted by Gasteiger charge is -2.13. The number of hydrogen-bond acceptors (Lipinski definition) is 3. The van der Waals surface area contributed by atoms with Gasteiger partial charge in [0.1, 0.15) is 11.4 Å². The maximum atomic E-state index is 6.13. The minimum atomic E-state index is 0.644. The molecule has 0 amide bonds. The predicted octanol–water partition coefficient (Wildman–Crippen LogP) is 5.63. The molecule has 0 saturated heterocycles. The van der Waals surface area contributed by atoms with Gasteiger partial charge in [0.05, 0.1) is 23.8 Å². The number of fused-ring (bicyclic) bond motifs is 1. The second-order valence-corrected chi connectivity index (χ2v) is 6.06. The van der Waals surface area contributed by atoms with Crippen molar-refractivity contribution in [3.8, 4) is 28.3 Å². The second-order valence-electron chi connectivity index (χ2n) is 5.62. The van der Waals surface area contributed by atoms with Crippen LogP contribution in [-0.2, 0) is 0 Å². The molecule has 0 aliphatic heterocycles. The Balaban J connectivity index is 2.06. The maximum absolute atomic E-state index is 6.13. The molecule has 0 fully saturated rings. The number of aromatic nitrogens is 2. The highest BCUT2D eigenvalue weighted by molar-refractivity contribution is 6.31. The summed E-state index contributed by atoms with van der Waals surface area (Å²) in [4.78, 5) is 9.73. The van der Waals surface area contributed by atoms with Gasteiger partial charge in [-0.25, -0.2) is 9.97 Å². The van der Waals surface area contributed by atoms with Gasteiger partial charge in [-0.3, -0.25) is 0 Å². The van der Waals surface area contributed by atoms with Crippen LogP contribution in [0.5, 0.6) is 5.75 Å². The highest BCUT2D eigenvalue weighted by Gasteiger charge is 2.16. The first-order valence-electron chi connectivity index (χ1n) is 7.92. The maximum Gasteiger partial charge on any atom is 0.128 e. The standard InChI is InChI=1S/C21H15ClN2O/c1-25-19-10-6-5-9-16(19)21-20(14-7-3-2-4-8-14)24-18-13-15(22)11-12-17(18)23-21/h2-13H,1H3. The molecule has 3 nitrogen and oxygen atoms in total. The minimum Gasteiger partial charge on any atom is -0.496 e. The molecule has 4 heteroatoms. The Morgan fingerprint density at radius 2 is 1.48 bits per heavy atom. The van der Waals surface area contributed by atoms with Crippen LogP contribution in [-0.4, -0.2) is 17.1 Å². The Hall–Kier alpha value is -2.91. The number of para-hydroxylation sites is 1. The van der Waals surface area contributed by atoms with E-state index in [1.165, 1.54) is 0 Å². The largest absolute Gasteiger partial charge is 0.496 e. The molecule has 122 valence electrons. The first-order chi connectivity index (χ1) is 12.3. The average molecular weight is 347 g/mol. The molecule has 0 bridgehead atoms. The fraction of sp³-hybridized carbons (Fsp3) is 0.0476. The molecule has 0 N–H and O–H groups in total. The van der Waals surface area contributed by atoms with Crippen molar-refractivity contribution in [1.29, 1.82) is 0 Å². The van der Waals surface area contributed by atoms with Gasteiger partial charge in [0, 0.05) is 16.1 Å². The number of benzene rings is 3. The first kappa shape index (κ1) is 15.6. The van der Waals surface area contributed by atoms with Gasteiger partial charge in [0.15, 0.2) is 0 Å². The van der Waals surface area contributed by atoms with E-state index in [4.69, 9.17) is 26.3 Å². The van der Waals surface area contributed by atoms with E-state index in [0.29, 0.717) is 5.02 Å². The number of nitrogens with zero attached hydrogens (tertiary/aromatic N) is 2. The molecule has 4 aromatic rings. The van der Waals surface area contributed by atoms with Gasteiger partial charge >= 0.3 is 0 Å². The highest BCUT2D eigenvalue weighted by Crippen LogP contribution is 2.36. The summed E-state index contributed by atoms with van der Waals surface area (Å²) >= 11 is 6.13. The monoisotopic (exact) mass is 346 g/mol. The molecule has 25 heavy (non-hydrogen) atoms. The van der Waals surface area contributed by atoms with Crippen LogP contribution in [0.1, 0.15) is 0 Å². The van der Waals surface area contributed by atoms with Gasteiger partial charge in [0.2, 0.25) is 0 Å². The minimum absolute atomic E-state index is 0.644. The lowest BCUT2D eigenvalue weighted by Crippen LogP contribution is -1.97. The van der Waals surface area contributed by atoms with Crippen molar-refractivity contribution in [3.05, 3.63) is 77.8 Å². The van der Waals surface area contributed by atoms with Gasteiger partial charge in [-0.2, -0.15) is 0 Å². The third kappa shape index (κ3) is 2.94. The molecule has 0 radical (unpaired) electrons. The highest BCUT2D eigenvalue weighted by atomic mass is 35.5. The quantitative estimate of drug-likeness (QED) is 0.482. The summed E-state index contributed by atoms with van der Waals surface area (Å²) in [5.41, 5.74) is 5.07. The molecule has 0 aliphatic rings. The van der Waals surface area contributed by atoms with Gasteiger partial charge in [-0.1, -0.05) is 54.1 Å². The molecule has 3 aromatic carbocycles. The molecule has 1 aromatic heterocycles. The number of methoxy groups -OCH3 is 1. The van der Waals surface area contributed by atoms with Gasteiger partial charge < -0.3 is 4.74 Å². The Morgan fingerprint density at radius 1 is 0.760 bits per heavy atom. The SMILES string of the molecule is COc1ccccc1-c1nc2ccc(Cl)cc2nc1-c1ccccc1. The molecule has 4 rings (SSSR count). The molecule has 0 spiro atoms. The molecule has 0 saturated carbocycles. The Kier molecular flexibility index (Phi) is 4.08. The first-order valence-corrected chi connectivity index (χ1v) is 8.30. The lowest BCUT2D eigenvalue weighted by atomic mass is 10.0. The number of hydrogen-bond donors (Lipinski definition) is 0. The second kappa shape index (κ2) is 6.54. The number of rotatable bonds is 3.